The Morgan fingerprint density at radius 3 is 2.27 bits per heavy atom. The lowest BCUT2D eigenvalue weighted by Crippen LogP contribution is -2.36. The molecular formula is C18H20N4O3S. The number of nitrogens with one attached hydrogen (secondary N) is 3. The van der Waals surface area contributed by atoms with Gasteiger partial charge in [0.05, 0.1) is 11.9 Å². The number of hydrogen-bond acceptors (Lipinski definition) is 4. The molecule has 136 valence electrons. The zero-order chi connectivity index (χ0) is 19.3. The lowest BCUT2D eigenvalue weighted by atomic mass is 9.97. The summed E-state index contributed by atoms with van der Waals surface area (Å²) in [6.07, 6.45) is 2.75. The van der Waals surface area contributed by atoms with E-state index in [9.17, 15) is 13.2 Å². The molecule has 0 aliphatic rings. The van der Waals surface area contributed by atoms with E-state index in [-0.39, 0.29) is 0 Å². The van der Waals surface area contributed by atoms with Crippen molar-refractivity contribution in [2.75, 3.05) is 11.0 Å². The van der Waals surface area contributed by atoms with Crippen LogP contribution in [0.15, 0.2) is 54.1 Å². The third kappa shape index (κ3) is 5.18. The molecule has 0 spiro atoms. The van der Waals surface area contributed by atoms with E-state index in [1.807, 2.05) is 24.3 Å². The maximum absolute atomic E-state index is 12.0. The Morgan fingerprint density at radius 2 is 1.65 bits per heavy atom. The van der Waals surface area contributed by atoms with Crippen molar-refractivity contribution in [3.05, 3.63) is 59.7 Å². The summed E-state index contributed by atoms with van der Waals surface area (Å²) >= 11 is 0. The van der Waals surface area contributed by atoms with Gasteiger partial charge < -0.3 is 5.73 Å². The molecule has 0 aliphatic carbocycles. The summed E-state index contributed by atoms with van der Waals surface area (Å²) in [5, 5.41) is 9.37. The number of hydrogen-bond donors (Lipinski definition) is 4. The van der Waals surface area contributed by atoms with Gasteiger partial charge >= 0.3 is 0 Å². The molecule has 0 saturated heterocycles. The summed E-state index contributed by atoms with van der Waals surface area (Å²) in [6.45, 7) is 1.61. The number of carbonyl (C=O) groups is 1. The van der Waals surface area contributed by atoms with E-state index >= 15 is 0 Å². The monoisotopic (exact) mass is 372 g/mol. The number of sulfonamides is 1. The highest BCUT2D eigenvalue weighted by Crippen LogP contribution is 2.32. The van der Waals surface area contributed by atoms with Crippen molar-refractivity contribution in [1.29, 1.82) is 5.41 Å². The van der Waals surface area contributed by atoms with E-state index in [1.54, 1.807) is 37.3 Å². The lowest BCUT2D eigenvalue weighted by molar-refractivity contribution is -0.116. The quantitative estimate of drug-likeness (QED) is 0.364. The van der Waals surface area contributed by atoms with Gasteiger partial charge in [-0.3, -0.25) is 20.2 Å². The summed E-state index contributed by atoms with van der Waals surface area (Å²) in [5.74, 6) is -0.909. The molecule has 7 nitrogen and oxygen atoms in total. The van der Waals surface area contributed by atoms with E-state index in [4.69, 9.17) is 11.1 Å². The smallest absolute Gasteiger partial charge is 0.253 e. The number of anilines is 1. The Kier molecular flexibility index (Phi) is 5.78. The second kappa shape index (κ2) is 7.83. The van der Waals surface area contributed by atoms with E-state index in [0.717, 1.165) is 17.4 Å². The van der Waals surface area contributed by atoms with Gasteiger partial charge in [-0.05, 0) is 30.2 Å². The number of amides is 1. The number of nitrogens with two attached hydrogens (primary N) is 1. The van der Waals surface area contributed by atoms with Crippen molar-refractivity contribution >= 4 is 33.7 Å². The molecule has 0 aromatic heterocycles. The fourth-order valence-electron chi connectivity index (χ4n) is 2.39. The van der Waals surface area contributed by atoms with Crippen LogP contribution in [0.4, 0.5) is 5.69 Å². The number of rotatable bonds is 5. The first-order chi connectivity index (χ1) is 12.2. The van der Waals surface area contributed by atoms with Crippen LogP contribution >= 0.6 is 0 Å². The lowest BCUT2D eigenvalue weighted by Gasteiger charge is -2.13. The maximum atomic E-state index is 12.0. The van der Waals surface area contributed by atoms with Crippen molar-refractivity contribution in [3.8, 4) is 11.1 Å². The summed E-state index contributed by atoms with van der Waals surface area (Å²) < 4.78 is 25.8. The topological polar surface area (TPSA) is 125 Å². The van der Waals surface area contributed by atoms with Crippen LogP contribution in [0.3, 0.4) is 0 Å². The summed E-state index contributed by atoms with van der Waals surface area (Å²) in [4.78, 5) is 12.0. The van der Waals surface area contributed by atoms with Gasteiger partial charge in [0.25, 0.3) is 5.91 Å². The van der Waals surface area contributed by atoms with Crippen LogP contribution in [0.25, 0.3) is 17.2 Å². The molecule has 2 aromatic carbocycles. The first kappa shape index (κ1) is 19.2. The SMILES string of the molecule is CC(=Cc1ccccc1-c1ccccc1NS(C)(=O)=O)C(=O)NC(=N)N. The van der Waals surface area contributed by atoms with Gasteiger partial charge in [-0.15, -0.1) is 0 Å². The van der Waals surface area contributed by atoms with E-state index in [1.165, 1.54) is 0 Å². The molecule has 5 N–H and O–H groups in total. The average molecular weight is 372 g/mol. The zero-order valence-corrected chi connectivity index (χ0v) is 15.2. The highest BCUT2D eigenvalue weighted by molar-refractivity contribution is 7.92. The fourth-order valence-corrected chi connectivity index (χ4v) is 2.97. The molecule has 0 radical (unpaired) electrons. The van der Waals surface area contributed by atoms with Gasteiger partial charge in [-0.2, -0.15) is 0 Å². The molecule has 0 fully saturated rings. The number of guanidine groups is 1. The molecule has 8 heteroatoms. The van der Waals surface area contributed by atoms with Gasteiger partial charge in [0.2, 0.25) is 10.0 Å². The van der Waals surface area contributed by atoms with Gasteiger partial charge in [-0.1, -0.05) is 42.5 Å². The molecule has 2 rings (SSSR count). The first-order valence-electron chi connectivity index (χ1n) is 7.67. The Balaban J connectivity index is 2.51. The minimum atomic E-state index is -3.44. The van der Waals surface area contributed by atoms with Crippen LogP contribution in [0, 0.1) is 5.41 Å². The predicted molar refractivity (Wildman–Crippen MR) is 104 cm³/mol. The minimum absolute atomic E-state index is 0.362. The number of para-hydroxylation sites is 1. The third-order valence-electron chi connectivity index (χ3n) is 3.45. The van der Waals surface area contributed by atoms with Crippen molar-refractivity contribution < 1.29 is 13.2 Å². The van der Waals surface area contributed by atoms with Crippen LogP contribution < -0.4 is 15.8 Å². The maximum Gasteiger partial charge on any atom is 0.253 e. The Labute approximate surface area is 152 Å². The Hall–Kier alpha value is -3.13. The van der Waals surface area contributed by atoms with Crippen molar-refractivity contribution in [1.82, 2.24) is 5.32 Å². The summed E-state index contributed by atoms with van der Waals surface area (Å²) in [5.41, 5.74) is 8.16. The van der Waals surface area contributed by atoms with Gasteiger partial charge in [-0.25, -0.2) is 8.42 Å². The molecule has 0 bridgehead atoms. The second-order valence-electron chi connectivity index (χ2n) is 5.70. The third-order valence-corrected chi connectivity index (χ3v) is 4.04. The van der Waals surface area contributed by atoms with Crippen LogP contribution in [0.5, 0.6) is 0 Å². The van der Waals surface area contributed by atoms with Crippen LogP contribution in [0.1, 0.15) is 12.5 Å². The normalized spacial score (nSPS) is 11.7. The van der Waals surface area contributed by atoms with E-state index in [0.29, 0.717) is 16.8 Å². The van der Waals surface area contributed by atoms with Gasteiger partial charge in [0.15, 0.2) is 5.96 Å². The summed E-state index contributed by atoms with van der Waals surface area (Å²) in [7, 11) is -3.44. The highest BCUT2D eigenvalue weighted by Gasteiger charge is 2.12. The molecular weight excluding hydrogens is 352 g/mol. The predicted octanol–water partition coefficient (Wildman–Crippen LogP) is 2.14. The molecule has 26 heavy (non-hydrogen) atoms. The first-order valence-corrected chi connectivity index (χ1v) is 9.56. The number of carbonyl (C=O) groups excluding carboxylic acids is 1. The van der Waals surface area contributed by atoms with Gasteiger partial charge in [0.1, 0.15) is 0 Å². The van der Waals surface area contributed by atoms with Crippen LogP contribution in [-0.4, -0.2) is 26.5 Å². The van der Waals surface area contributed by atoms with Crippen LogP contribution in [-0.2, 0) is 14.8 Å². The molecule has 2 aromatic rings. The zero-order valence-electron chi connectivity index (χ0n) is 14.4. The molecule has 0 unspecified atom stereocenters. The molecule has 0 aliphatic heterocycles. The van der Waals surface area contributed by atoms with Gasteiger partial charge in [0, 0.05) is 11.1 Å². The molecule has 0 heterocycles. The van der Waals surface area contributed by atoms with Crippen LogP contribution in [0.2, 0.25) is 0 Å². The van der Waals surface area contributed by atoms with Crippen molar-refractivity contribution in [2.45, 2.75) is 6.92 Å². The fraction of sp³-hybridized carbons (Fsp3) is 0.111. The van der Waals surface area contributed by atoms with E-state index < -0.39 is 21.9 Å². The molecule has 0 saturated carbocycles. The highest BCUT2D eigenvalue weighted by atomic mass is 32.2. The molecule has 1 amide bonds. The van der Waals surface area contributed by atoms with E-state index in [2.05, 4.69) is 10.0 Å². The number of benzene rings is 2. The van der Waals surface area contributed by atoms with Crippen molar-refractivity contribution in [3.63, 3.8) is 0 Å². The standard InChI is InChI=1S/C18H20N4O3S/c1-12(17(23)21-18(19)20)11-13-7-3-4-8-14(13)15-9-5-6-10-16(15)22-26(2,24)25/h3-11,22H,1-2H3,(H4,19,20,21,23). The second-order valence-corrected chi connectivity index (χ2v) is 7.45. The van der Waals surface area contributed by atoms with Crippen molar-refractivity contribution in [2.24, 2.45) is 5.73 Å². The molecule has 0 atom stereocenters. The minimum Gasteiger partial charge on any atom is -0.370 e. The largest absolute Gasteiger partial charge is 0.370 e. The Morgan fingerprint density at radius 1 is 1.08 bits per heavy atom. The average Bonchev–Trinajstić information content (AvgIpc) is 2.54. The summed E-state index contributed by atoms with van der Waals surface area (Å²) in [6, 6.07) is 14.3. The Bertz CT molecular complexity index is 981.